The molecule has 0 aromatic heterocycles. The van der Waals surface area contributed by atoms with Crippen LogP contribution in [-0.2, 0) is 23.8 Å². The summed E-state index contributed by atoms with van der Waals surface area (Å²) in [4.78, 5) is 21.6. The average Bonchev–Trinajstić information content (AvgIpc) is 3.30. The van der Waals surface area contributed by atoms with Gasteiger partial charge < -0.3 is 14.2 Å². The molecule has 0 N–H and O–H groups in total. The summed E-state index contributed by atoms with van der Waals surface area (Å²) in [6.07, 6.45) is 14.0. The van der Waals surface area contributed by atoms with Crippen LogP contribution in [0.15, 0.2) is 0 Å². The van der Waals surface area contributed by atoms with Crippen molar-refractivity contribution >= 4 is 11.9 Å². The van der Waals surface area contributed by atoms with Crippen molar-refractivity contribution in [1.29, 1.82) is 0 Å². The fourth-order valence-electron chi connectivity index (χ4n) is 2.95. The minimum atomic E-state index is -0.187. The van der Waals surface area contributed by atoms with E-state index in [1.807, 2.05) is 0 Å². The van der Waals surface area contributed by atoms with Gasteiger partial charge in [0.2, 0.25) is 0 Å². The first kappa shape index (κ1) is 20.9. The largest absolute Gasteiger partial charge is 0.469 e. The van der Waals surface area contributed by atoms with Gasteiger partial charge in [0, 0.05) is 13.3 Å². The highest BCUT2D eigenvalue weighted by atomic mass is 16.6. The highest BCUT2D eigenvalue weighted by Crippen LogP contribution is 2.31. The Morgan fingerprint density at radius 1 is 0.833 bits per heavy atom. The molecule has 24 heavy (non-hydrogen) atoms. The molecular formula is C19H34O5. The number of esters is 2. The molecule has 0 aromatic rings. The van der Waals surface area contributed by atoms with Gasteiger partial charge >= 0.3 is 11.9 Å². The lowest BCUT2D eigenvalue weighted by Gasteiger charge is -2.02. The molecule has 2 atom stereocenters. The number of hydrogen-bond acceptors (Lipinski definition) is 5. The van der Waals surface area contributed by atoms with Crippen molar-refractivity contribution < 1.29 is 23.8 Å². The van der Waals surface area contributed by atoms with E-state index in [1.54, 1.807) is 0 Å². The second-order valence-electron chi connectivity index (χ2n) is 6.64. The summed E-state index contributed by atoms with van der Waals surface area (Å²) in [6, 6.07) is 0. The van der Waals surface area contributed by atoms with E-state index in [4.69, 9.17) is 9.47 Å². The Morgan fingerprint density at radius 2 is 1.38 bits per heavy atom. The number of rotatable bonds is 15. The summed E-state index contributed by atoms with van der Waals surface area (Å²) in [5.74, 6) is -0.289. The van der Waals surface area contributed by atoms with Crippen molar-refractivity contribution in [2.45, 2.75) is 96.2 Å². The Morgan fingerprint density at radius 3 is 1.96 bits per heavy atom. The van der Waals surface area contributed by atoms with E-state index in [-0.39, 0.29) is 11.9 Å². The van der Waals surface area contributed by atoms with Crippen LogP contribution in [0, 0.1) is 0 Å². The molecule has 0 bridgehead atoms. The van der Waals surface area contributed by atoms with E-state index in [2.05, 4.69) is 4.74 Å². The van der Waals surface area contributed by atoms with Crippen LogP contribution in [0.25, 0.3) is 0 Å². The molecule has 1 heterocycles. The van der Waals surface area contributed by atoms with E-state index < -0.39 is 0 Å². The van der Waals surface area contributed by atoms with Gasteiger partial charge in [-0.15, -0.1) is 0 Å². The van der Waals surface area contributed by atoms with Gasteiger partial charge in [-0.3, -0.25) is 9.59 Å². The number of unbranched alkanes of at least 4 members (excludes halogenated alkanes) is 7. The molecule has 0 unspecified atom stereocenters. The monoisotopic (exact) mass is 342 g/mol. The third-order valence-electron chi connectivity index (χ3n) is 4.47. The van der Waals surface area contributed by atoms with Gasteiger partial charge in [0.05, 0.1) is 25.9 Å². The summed E-state index contributed by atoms with van der Waals surface area (Å²) in [5.41, 5.74) is 0. The third kappa shape index (κ3) is 11.4. The predicted molar refractivity (Wildman–Crippen MR) is 92.7 cm³/mol. The number of ether oxygens (including phenoxy) is 3. The number of epoxide rings is 1. The number of methoxy groups -OCH3 is 1. The Kier molecular flexibility index (Phi) is 11.5. The number of carbonyl (C=O) groups excluding carboxylic acids is 2. The number of hydrogen-bond donors (Lipinski definition) is 0. The highest BCUT2D eigenvalue weighted by Gasteiger charge is 2.36. The van der Waals surface area contributed by atoms with Crippen LogP contribution in [-0.4, -0.2) is 37.9 Å². The normalized spacial score (nSPS) is 19.1. The van der Waals surface area contributed by atoms with Gasteiger partial charge in [-0.05, 0) is 25.7 Å². The molecule has 1 fully saturated rings. The van der Waals surface area contributed by atoms with Crippen LogP contribution in [0.3, 0.4) is 0 Å². The minimum absolute atomic E-state index is 0.101. The summed E-state index contributed by atoms with van der Waals surface area (Å²) in [5, 5.41) is 0. The fraction of sp³-hybridized carbons (Fsp3) is 0.895. The standard InChI is InChI=1S/C19H34O5/c1-16(20)23-15-11-7-6-9-13-18-17(24-18)12-8-4-3-5-10-14-19(21)22-2/h17-18H,3-15H2,1-2H3/t17-,18+/m0/s1. The molecular weight excluding hydrogens is 308 g/mol. The lowest BCUT2D eigenvalue weighted by molar-refractivity contribution is -0.141. The van der Waals surface area contributed by atoms with E-state index >= 15 is 0 Å². The quantitative estimate of drug-likeness (QED) is 0.254. The first-order chi connectivity index (χ1) is 11.6. The van der Waals surface area contributed by atoms with Gasteiger partial charge in [0.1, 0.15) is 0 Å². The van der Waals surface area contributed by atoms with Crippen molar-refractivity contribution in [3.05, 3.63) is 0 Å². The van der Waals surface area contributed by atoms with Crippen LogP contribution < -0.4 is 0 Å². The topological polar surface area (TPSA) is 65.1 Å². The van der Waals surface area contributed by atoms with Gasteiger partial charge in [0.25, 0.3) is 0 Å². The molecule has 5 nitrogen and oxygen atoms in total. The molecule has 0 aromatic carbocycles. The maximum absolute atomic E-state index is 11.0. The molecule has 1 saturated heterocycles. The average molecular weight is 342 g/mol. The zero-order chi connectivity index (χ0) is 17.6. The predicted octanol–water partition coefficient (Wildman–Crippen LogP) is 4.17. The molecule has 5 heteroatoms. The van der Waals surface area contributed by atoms with E-state index in [0.717, 1.165) is 32.1 Å². The third-order valence-corrected chi connectivity index (χ3v) is 4.47. The van der Waals surface area contributed by atoms with Gasteiger partial charge in [-0.1, -0.05) is 44.9 Å². The molecule has 0 spiro atoms. The van der Waals surface area contributed by atoms with Crippen LogP contribution >= 0.6 is 0 Å². The second kappa shape index (κ2) is 13.2. The van der Waals surface area contributed by atoms with Crippen LogP contribution in [0.2, 0.25) is 0 Å². The van der Waals surface area contributed by atoms with Crippen molar-refractivity contribution in [2.24, 2.45) is 0 Å². The van der Waals surface area contributed by atoms with Gasteiger partial charge in [-0.2, -0.15) is 0 Å². The first-order valence-electron chi connectivity index (χ1n) is 9.49. The molecule has 0 radical (unpaired) electrons. The zero-order valence-corrected chi connectivity index (χ0v) is 15.4. The number of carbonyl (C=O) groups is 2. The molecule has 1 rings (SSSR count). The summed E-state index contributed by atoms with van der Waals surface area (Å²) in [7, 11) is 1.44. The van der Waals surface area contributed by atoms with Crippen molar-refractivity contribution in [3.8, 4) is 0 Å². The lowest BCUT2D eigenvalue weighted by atomic mass is 10.0. The molecule has 0 saturated carbocycles. The van der Waals surface area contributed by atoms with Crippen LogP contribution in [0.1, 0.15) is 84.0 Å². The van der Waals surface area contributed by atoms with E-state index in [0.29, 0.717) is 25.2 Å². The molecule has 1 aliphatic heterocycles. The molecule has 0 amide bonds. The summed E-state index contributed by atoms with van der Waals surface area (Å²) >= 11 is 0. The minimum Gasteiger partial charge on any atom is -0.469 e. The lowest BCUT2D eigenvalue weighted by Crippen LogP contribution is -2.00. The Labute approximate surface area is 146 Å². The maximum atomic E-state index is 11.0. The van der Waals surface area contributed by atoms with Gasteiger partial charge in [0.15, 0.2) is 0 Å². The van der Waals surface area contributed by atoms with Crippen LogP contribution in [0.4, 0.5) is 0 Å². The maximum Gasteiger partial charge on any atom is 0.305 e. The first-order valence-corrected chi connectivity index (χ1v) is 9.49. The SMILES string of the molecule is COC(=O)CCCCCCC[C@@H]1O[C@@H]1CCCCCCOC(C)=O. The van der Waals surface area contributed by atoms with E-state index in [1.165, 1.54) is 52.6 Å². The molecule has 0 aliphatic carbocycles. The Bertz CT molecular complexity index is 356. The molecule has 140 valence electrons. The van der Waals surface area contributed by atoms with Crippen LogP contribution in [0.5, 0.6) is 0 Å². The van der Waals surface area contributed by atoms with Crippen molar-refractivity contribution in [1.82, 2.24) is 0 Å². The smallest absolute Gasteiger partial charge is 0.305 e. The zero-order valence-electron chi connectivity index (χ0n) is 15.4. The molecule has 1 aliphatic rings. The van der Waals surface area contributed by atoms with Crippen molar-refractivity contribution in [2.75, 3.05) is 13.7 Å². The fourth-order valence-corrected chi connectivity index (χ4v) is 2.95. The Balaban J connectivity index is 1.78. The highest BCUT2D eigenvalue weighted by molar-refractivity contribution is 5.68. The Hall–Kier alpha value is -1.10. The summed E-state index contributed by atoms with van der Waals surface area (Å²) < 4.78 is 15.3. The van der Waals surface area contributed by atoms with Gasteiger partial charge in [-0.25, -0.2) is 0 Å². The van der Waals surface area contributed by atoms with Crippen molar-refractivity contribution in [3.63, 3.8) is 0 Å². The summed E-state index contributed by atoms with van der Waals surface area (Å²) in [6.45, 7) is 2.00. The second-order valence-corrected chi connectivity index (χ2v) is 6.64. The van der Waals surface area contributed by atoms with E-state index in [9.17, 15) is 9.59 Å².